The average molecular weight is 392 g/mol. The fraction of sp³-hybridized carbons (Fsp3) is 0.562. The first-order valence-corrected chi connectivity index (χ1v) is 10.1. The molecule has 1 aromatic rings. The highest BCUT2D eigenvalue weighted by atomic mass is 32.2. The Bertz CT molecular complexity index is 787. The predicted octanol–water partition coefficient (Wildman–Crippen LogP) is 2.06. The van der Waals surface area contributed by atoms with Gasteiger partial charge in [0.1, 0.15) is 11.1 Å². The number of benzene rings is 1. The van der Waals surface area contributed by atoms with Crippen LogP contribution >= 0.6 is 0 Å². The van der Waals surface area contributed by atoms with E-state index < -0.39 is 32.7 Å². The lowest BCUT2D eigenvalue weighted by molar-refractivity contribution is -0.274. The van der Waals surface area contributed by atoms with Gasteiger partial charge >= 0.3 is 6.36 Å². The number of alkyl halides is 3. The summed E-state index contributed by atoms with van der Waals surface area (Å²) in [5.74, 6) is -0.723. The first-order chi connectivity index (χ1) is 12.0. The zero-order valence-electron chi connectivity index (χ0n) is 14.0. The van der Waals surface area contributed by atoms with Gasteiger partial charge in [-0.05, 0) is 56.6 Å². The second kappa shape index (κ2) is 6.41. The van der Waals surface area contributed by atoms with E-state index in [0.29, 0.717) is 25.9 Å². The number of ether oxygens (including phenoxy) is 1. The Morgan fingerprint density at radius 2 is 1.77 bits per heavy atom. The molecule has 10 heteroatoms. The molecular formula is C16H19F3N2O4S. The number of rotatable bonds is 3. The van der Waals surface area contributed by atoms with Crippen molar-refractivity contribution in [1.29, 1.82) is 0 Å². The number of nitrogens with one attached hydrogen (secondary N) is 1. The maximum atomic E-state index is 13.1. The SMILES string of the molecule is CS(=O)(=O)C1CC2(CCNCC2)C(=O)N1c1ccc(OC(F)(F)F)cc1. The van der Waals surface area contributed by atoms with E-state index in [1.165, 1.54) is 17.0 Å². The van der Waals surface area contributed by atoms with E-state index in [1.54, 1.807) is 0 Å². The molecule has 2 aliphatic rings. The molecule has 2 aliphatic heterocycles. The molecule has 0 aliphatic carbocycles. The summed E-state index contributed by atoms with van der Waals surface area (Å²) in [6.45, 7) is 1.24. The van der Waals surface area contributed by atoms with E-state index in [1.807, 2.05) is 0 Å². The Balaban J connectivity index is 1.94. The van der Waals surface area contributed by atoms with Crippen molar-refractivity contribution in [2.45, 2.75) is 31.0 Å². The van der Waals surface area contributed by atoms with Gasteiger partial charge in [-0.25, -0.2) is 8.42 Å². The van der Waals surface area contributed by atoms with Crippen molar-refractivity contribution in [3.63, 3.8) is 0 Å². The topological polar surface area (TPSA) is 75.7 Å². The Hall–Kier alpha value is -1.81. The maximum absolute atomic E-state index is 13.1. The fourth-order valence-electron chi connectivity index (χ4n) is 3.66. The molecule has 2 saturated heterocycles. The lowest BCUT2D eigenvalue weighted by Gasteiger charge is -2.31. The molecule has 2 heterocycles. The Morgan fingerprint density at radius 3 is 2.27 bits per heavy atom. The van der Waals surface area contributed by atoms with Crippen LogP contribution in [0, 0.1) is 5.41 Å². The van der Waals surface area contributed by atoms with Gasteiger partial charge in [0.2, 0.25) is 5.91 Å². The number of hydrogen-bond acceptors (Lipinski definition) is 5. The number of carbonyl (C=O) groups excluding carboxylic acids is 1. The average Bonchev–Trinajstić information content (AvgIpc) is 2.81. The molecule has 6 nitrogen and oxygen atoms in total. The van der Waals surface area contributed by atoms with Gasteiger partial charge in [-0.2, -0.15) is 0 Å². The second-order valence-electron chi connectivity index (χ2n) is 6.74. The van der Waals surface area contributed by atoms with Gasteiger partial charge in [-0.15, -0.1) is 13.2 Å². The molecule has 1 amide bonds. The molecule has 0 bridgehead atoms. The largest absolute Gasteiger partial charge is 0.573 e. The van der Waals surface area contributed by atoms with E-state index in [2.05, 4.69) is 10.1 Å². The quantitative estimate of drug-likeness (QED) is 0.852. The highest BCUT2D eigenvalue weighted by molar-refractivity contribution is 7.91. The zero-order valence-corrected chi connectivity index (χ0v) is 14.9. The number of piperidine rings is 1. The molecule has 26 heavy (non-hydrogen) atoms. The summed E-state index contributed by atoms with van der Waals surface area (Å²) in [6, 6.07) is 4.69. The standard InChI is InChI=1S/C16H19F3N2O4S/c1-26(23,24)13-10-15(6-8-20-9-7-15)14(22)21(13)11-2-4-12(5-3-11)25-16(17,18)19/h2-5,13,20H,6-10H2,1H3. The van der Waals surface area contributed by atoms with Crippen molar-refractivity contribution in [3.8, 4) is 5.75 Å². The molecule has 2 fully saturated rings. The highest BCUT2D eigenvalue weighted by Gasteiger charge is 2.55. The summed E-state index contributed by atoms with van der Waals surface area (Å²) < 4.78 is 65.2. The fourth-order valence-corrected chi connectivity index (χ4v) is 4.88. The summed E-state index contributed by atoms with van der Waals surface area (Å²) in [5, 5.41) is 2.13. The number of hydrogen-bond donors (Lipinski definition) is 1. The van der Waals surface area contributed by atoms with E-state index in [0.717, 1.165) is 18.4 Å². The third-order valence-corrected chi connectivity index (χ3v) is 6.30. The normalized spacial score (nSPS) is 23.5. The molecule has 1 spiro atoms. The van der Waals surface area contributed by atoms with E-state index >= 15 is 0 Å². The Kier molecular flexibility index (Phi) is 4.68. The van der Waals surface area contributed by atoms with Crippen LogP contribution in [0.25, 0.3) is 0 Å². The third-order valence-electron chi connectivity index (χ3n) is 4.93. The minimum atomic E-state index is -4.82. The Labute approximate surface area is 149 Å². The van der Waals surface area contributed by atoms with Crippen molar-refractivity contribution in [1.82, 2.24) is 5.32 Å². The molecule has 1 N–H and O–H groups in total. The van der Waals surface area contributed by atoms with Gasteiger partial charge in [0.05, 0.1) is 5.41 Å². The van der Waals surface area contributed by atoms with Crippen LogP contribution < -0.4 is 15.0 Å². The summed E-state index contributed by atoms with van der Waals surface area (Å²) in [4.78, 5) is 14.3. The highest BCUT2D eigenvalue weighted by Crippen LogP contribution is 2.46. The summed E-state index contributed by atoms with van der Waals surface area (Å²) in [5.41, 5.74) is -0.504. The first kappa shape index (κ1) is 19.0. The molecule has 144 valence electrons. The van der Waals surface area contributed by atoms with Crippen molar-refractivity contribution >= 4 is 21.4 Å². The number of amides is 1. The van der Waals surface area contributed by atoms with Crippen molar-refractivity contribution in [3.05, 3.63) is 24.3 Å². The summed E-state index contributed by atoms with van der Waals surface area (Å²) in [7, 11) is -3.57. The number of anilines is 1. The molecule has 0 saturated carbocycles. The van der Waals surface area contributed by atoms with Gasteiger partial charge < -0.3 is 10.1 Å². The van der Waals surface area contributed by atoms with E-state index in [-0.39, 0.29) is 18.0 Å². The number of halogens is 3. The summed E-state index contributed by atoms with van der Waals surface area (Å²) in [6.07, 6.45) is -2.50. The van der Waals surface area contributed by atoms with Crippen molar-refractivity contribution in [2.75, 3.05) is 24.2 Å². The lowest BCUT2D eigenvalue weighted by atomic mass is 9.77. The molecule has 0 aromatic heterocycles. The van der Waals surface area contributed by atoms with Gasteiger partial charge in [0, 0.05) is 11.9 Å². The molecule has 1 aromatic carbocycles. The minimum Gasteiger partial charge on any atom is -0.406 e. The van der Waals surface area contributed by atoms with Gasteiger partial charge in [-0.3, -0.25) is 9.69 Å². The van der Waals surface area contributed by atoms with Crippen LogP contribution in [0.1, 0.15) is 19.3 Å². The van der Waals surface area contributed by atoms with Crippen LogP contribution in [0.2, 0.25) is 0 Å². The summed E-state index contributed by atoms with van der Waals surface area (Å²) >= 11 is 0. The van der Waals surface area contributed by atoms with E-state index in [4.69, 9.17) is 0 Å². The Morgan fingerprint density at radius 1 is 1.19 bits per heavy atom. The molecule has 1 atom stereocenters. The van der Waals surface area contributed by atoms with Gasteiger partial charge in [0.25, 0.3) is 0 Å². The smallest absolute Gasteiger partial charge is 0.406 e. The molecule has 0 radical (unpaired) electrons. The number of nitrogens with zero attached hydrogens (tertiary/aromatic N) is 1. The van der Waals surface area contributed by atoms with Crippen LogP contribution in [0.5, 0.6) is 5.75 Å². The van der Waals surface area contributed by atoms with Crippen molar-refractivity contribution < 1.29 is 31.1 Å². The predicted molar refractivity (Wildman–Crippen MR) is 88.4 cm³/mol. The van der Waals surface area contributed by atoms with Crippen LogP contribution in [-0.4, -0.2) is 45.4 Å². The van der Waals surface area contributed by atoms with Crippen LogP contribution in [0.15, 0.2) is 24.3 Å². The second-order valence-corrected chi connectivity index (χ2v) is 8.94. The first-order valence-electron chi connectivity index (χ1n) is 8.11. The van der Waals surface area contributed by atoms with Crippen molar-refractivity contribution in [2.24, 2.45) is 5.41 Å². The van der Waals surface area contributed by atoms with Crippen LogP contribution in [-0.2, 0) is 14.6 Å². The number of sulfone groups is 1. The lowest BCUT2D eigenvalue weighted by Crippen LogP contribution is -2.43. The van der Waals surface area contributed by atoms with Gasteiger partial charge in [-0.1, -0.05) is 0 Å². The molecule has 3 rings (SSSR count). The van der Waals surface area contributed by atoms with Gasteiger partial charge in [0.15, 0.2) is 9.84 Å². The monoisotopic (exact) mass is 392 g/mol. The van der Waals surface area contributed by atoms with Crippen LogP contribution in [0.3, 0.4) is 0 Å². The number of carbonyl (C=O) groups is 1. The van der Waals surface area contributed by atoms with Crippen LogP contribution in [0.4, 0.5) is 18.9 Å². The van der Waals surface area contributed by atoms with E-state index in [9.17, 15) is 26.4 Å². The zero-order chi connectivity index (χ0) is 19.2. The third kappa shape index (κ3) is 3.66. The molecule has 1 unspecified atom stereocenters. The minimum absolute atomic E-state index is 0.188. The molecular weight excluding hydrogens is 373 g/mol. The maximum Gasteiger partial charge on any atom is 0.573 e.